The highest BCUT2D eigenvalue weighted by Crippen LogP contribution is 2.26. The van der Waals surface area contributed by atoms with Crippen LogP contribution in [-0.4, -0.2) is 5.91 Å². The number of hydrogen-bond acceptors (Lipinski definition) is 2. The third-order valence-corrected chi connectivity index (χ3v) is 3.71. The zero-order valence-electron chi connectivity index (χ0n) is 13.0. The van der Waals surface area contributed by atoms with Crippen LogP contribution in [0.5, 0.6) is 0 Å². The topological polar surface area (TPSA) is 42.2 Å². The molecule has 0 saturated carbocycles. The Bertz CT molecular complexity index is 742. The molecule has 2 aromatic rings. The van der Waals surface area contributed by atoms with Crippen LogP contribution in [0.3, 0.4) is 0 Å². The summed E-state index contributed by atoms with van der Waals surface area (Å²) in [4.78, 5) is 12.0. The first-order valence-electron chi connectivity index (χ1n) is 7.33. The highest BCUT2D eigenvalue weighted by molar-refractivity contribution is 6.10. The fourth-order valence-corrected chi connectivity index (χ4v) is 2.39. The molecule has 112 valence electrons. The van der Waals surface area contributed by atoms with Gasteiger partial charge in [0, 0.05) is 11.3 Å². The van der Waals surface area contributed by atoms with Crippen LogP contribution in [0.4, 0.5) is 0 Å². The largest absolute Gasteiger partial charge is 0.465 e. The molecule has 0 aliphatic carbocycles. The smallest absolute Gasteiger partial charge is 0.255 e. The maximum atomic E-state index is 12.0. The summed E-state index contributed by atoms with van der Waals surface area (Å²) in [5.41, 5.74) is 3.82. The summed E-state index contributed by atoms with van der Waals surface area (Å²) in [6, 6.07) is 11.9. The van der Waals surface area contributed by atoms with Crippen LogP contribution in [0.1, 0.15) is 37.7 Å². The molecule has 3 nitrogen and oxygen atoms in total. The second-order valence-electron chi connectivity index (χ2n) is 6.45. The summed E-state index contributed by atoms with van der Waals surface area (Å²) in [5, 5.41) is 2.90. The van der Waals surface area contributed by atoms with Gasteiger partial charge >= 0.3 is 0 Å². The molecule has 0 saturated heterocycles. The van der Waals surface area contributed by atoms with Gasteiger partial charge in [0.05, 0.1) is 6.26 Å². The van der Waals surface area contributed by atoms with Crippen molar-refractivity contribution in [3.63, 3.8) is 0 Å². The summed E-state index contributed by atoms with van der Waals surface area (Å²) in [5.74, 6) is 0.567. The van der Waals surface area contributed by atoms with Gasteiger partial charge in [-0.05, 0) is 40.8 Å². The van der Waals surface area contributed by atoms with Gasteiger partial charge in [0.1, 0.15) is 5.76 Å². The number of rotatable bonds is 2. The van der Waals surface area contributed by atoms with E-state index in [1.54, 1.807) is 18.4 Å². The monoisotopic (exact) mass is 293 g/mol. The molecule has 1 aliphatic rings. The molecule has 3 heteroatoms. The van der Waals surface area contributed by atoms with Gasteiger partial charge in [-0.25, -0.2) is 0 Å². The van der Waals surface area contributed by atoms with Crippen LogP contribution >= 0.6 is 0 Å². The Labute approximate surface area is 130 Å². The van der Waals surface area contributed by atoms with Crippen LogP contribution in [0, 0.1) is 0 Å². The summed E-state index contributed by atoms with van der Waals surface area (Å²) in [6.45, 7) is 6.55. The first-order valence-corrected chi connectivity index (χ1v) is 7.33. The average molecular weight is 293 g/mol. The van der Waals surface area contributed by atoms with E-state index in [2.05, 4.69) is 38.2 Å². The van der Waals surface area contributed by atoms with Crippen molar-refractivity contribution in [3.8, 4) is 0 Å². The Morgan fingerprint density at radius 3 is 2.41 bits per heavy atom. The van der Waals surface area contributed by atoms with Gasteiger partial charge in [-0.1, -0.05) is 45.0 Å². The van der Waals surface area contributed by atoms with Crippen molar-refractivity contribution in [2.45, 2.75) is 26.2 Å². The van der Waals surface area contributed by atoms with E-state index in [-0.39, 0.29) is 11.3 Å². The van der Waals surface area contributed by atoms with Gasteiger partial charge in [-0.15, -0.1) is 0 Å². The van der Waals surface area contributed by atoms with E-state index in [9.17, 15) is 4.79 Å². The molecule has 22 heavy (non-hydrogen) atoms. The average Bonchev–Trinajstić information content (AvgIpc) is 3.09. The normalized spacial score (nSPS) is 16.8. The van der Waals surface area contributed by atoms with Crippen LogP contribution in [0.15, 0.2) is 58.7 Å². The van der Waals surface area contributed by atoms with E-state index in [1.807, 2.05) is 24.3 Å². The molecule has 1 aliphatic heterocycles. The van der Waals surface area contributed by atoms with Crippen molar-refractivity contribution < 1.29 is 9.21 Å². The first-order chi connectivity index (χ1) is 10.4. The summed E-state index contributed by atoms with van der Waals surface area (Å²) in [6.07, 6.45) is 5.19. The number of benzene rings is 1. The Morgan fingerprint density at radius 1 is 1.09 bits per heavy atom. The second-order valence-corrected chi connectivity index (χ2v) is 6.45. The van der Waals surface area contributed by atoms with E-state index in [0.29, 0.717) is 11.3 Å². The van der Waals surface area contributed by atoms with Crippen LogP contribution in [0.25, 0.3) is 11.8 Å². The van der Waals surface area contributed by atoms with Gasteiger partial charge in [0.25, 0.3) is 5.91 Å². The van der Waals surface area contributed by atoms with Crippen molar-refractivity contribution in [2.75, 3.05) is 0 Å². The molecule has 1 N–H and O–H groups in total. The van der Waals surface area contributed by atoms with Crippen molar-refractivity contribution in [3.05, 3.63) is 71.2 Å². The van der Waals surface area contributed by atoms with E-state index in [4.69, 9.17) is 4.42 Å². The Balaban J connectivity index is 1.88. The van der Waals surface area contributed by atoms with Gasteiger partial charge in [0.2, 0.25) is 0 Å². The predicted octanol–water partition coefficient (Wildman–Crippen LogP) is 4.13. The Morgan fingerprint density at radius 2 is 1.82 bits per heavy atom. The zero-order valence-corrected chi connectivity index (χ0v) is 13.0. The fourth-order valence-electron chi connectivity index (χ4n) is 2.39. The Hall–Kier alpha value is -2.55. The molecular weight excluding hydrogens is 274 g/mol. The molecule has 1 amide bonds. The van der Waals surface area contributed by atoms with E-state index < -0.39 is 0 Å². The van der Waals surface area contributed by atoms with Crippen molar-refractivity contribution >= 4 is 17.7 Å². The summed E-state index contributed by atoms with van der Waals surface area (Å²) >= 11 is 0. The molecule has 0 spiro atoms. The molecule has 0 radical (unpaired) electrons. The minimum Gasteiger partial charge on any atom is -0.465 e. The van der Waals surface area contributed by atoms with Crippen LogP contribution < -0.4 is 5.32 Å². The van der Waals surface area contributed by atoms with Crippen molar-refractivity contribution in [2.24, 2.45) is 0 Å². The lowest BCUT2D eigenvalue weighted by Crippen LogP contribution is -2.16. The van der Waals surface area contributed by atoms with E-state index in [0.717, 1.165) is 11.3 Å². The van der Waals surface area contributed by atoms with Gasteiger partial charge in [-0.3, -0.25) is 4.79 Å². The minimum absolute atomic E-state index is 0.105. The highest BCUT2D eigenvalue weighted by atomic mass is 16.3. The number of furan rings is 1. The van der Waals surface area contributed by atoms with Crippen LogP contribution in [-0.2, 0) is 10.2 Å². The third kappa shape index (κ3) is 2.89. The maximum Gasteiger partial charge on any atom is 0.255 e. The molecule has 1 aromatic heterocycles. The van der Waals surface area contributed by atoms with E-state index >= 15 is 0 Å². The maximum absolute atomic E-state index is 12.0. The number of amides is 1. The minimum atomic E-state index is -0.105. The summed E-state index contributed by atoms with van der Waals surface area (Å²) in [7, 11) is 0. The number of nitrogens with one attached hydrogen (secondary N) is 1. The molecule has 0 bridgehead atoms. The van der Waals surface area contributed by atoms with Gasteiger partial charge in [-0.2, -0.15) is 0 Å². The van der Waals surface area contributed by atoms with Crippen molar-refractivity contribution in [1.29, 1.82) is 0 Å². The van der Waals surface area contributed by atoms with Crippen LogP contribution in [0.2, 0.25) is 0 Å². The molecular formula is C19H19NO2. The summed E-state index contributed by atoms with van der Waals surface area (Å²) < 4.78 is 5.25. The Kier molecular flexibility index (Phi) is 3.49. The molecule has 2 heterocycles. The fraction of sp³-hybridized carbons (Fsp3) is 0.211. The lowest BCUT2D eigenvalue weighted by Gasteiger charge is -2.19. The predicted molar refractivity (Wildman–Crippen MR) is 87.9 cm³/mol. The molecule has 0 unspecified atom stereocenters. The molecule has 3 rings (SSSR count). The SMILES string of the molecule is CC(C)(C)c1ccc(C2=CC(=Cc3ccco3)C(=O)N2)cc1. The highest BCUT2D eigenvalue weighted by Gasteiger charge is 2.20. The van der Waals surface area contributed by atoms with E-state index in [1.165, 1.54) is 5.56 Å². The number of carbonyl (C=O) groups is 1. The zero-order chi connectivity index (χ0) is 15.7. The third-order valence-electron chi connectivity index (χ3n) is 3.71. The first kappa shape index (κ1) is 14.4. The standard InChI is InChI=1S/C19H19NO2/c1-19(2,3)15-8-6-13(7-9-15)17-12-14(18(21)20-17)11-16-5-4-10-22-16/h4-12H,1-3H3,(H,20,21). The lowest BCUT2D eigenvalue weighted by molar-refractivity contribution is -0.115. The van der Waals surface area contributed by atoms with Gasteiger partial charge in [0.15, 0.2) is 0 Å². The van der Waals surface area contributed by atoms with Gasteiger partial charge < -0.3 is 9.73 Å². The van der Waals surface area contributed by atoms with Crippen molar-refractivity contribution in [1.82, 2.24) is 5.32 Å². The molecule has 0 atom stereocenters. The second kappa shape index (κ2) is 5.34. The molecule has 1 aromatic carbocycles. The molecule has 0 fully saturated rings. The number of hydrogen-bond donors (Lipinski definition) is 1. The quantitative estimate of drug-likeness (QED) is 0.846. The lowest BCUT2D eigenvalue weighted by atomic mass is 9.86. The number of carbonyl (C=O) groups excluding carboxylic acids is 1.